The highest BCUT2D eigenvalue weighted by Crippen LogP contribution is 2.35. The Morgan fingerprint density at radius 2 is 2.00 bits per heavy atom. The van der Waals surface area contributed by atoms with Crippen molar-refractivity contribution in [1.82, 2.24) is 4.98 Å². The molecule has 2 heteroatoms. The van der Waals surface area contributed by atoms with Crippen LogP contribution in [0.5, 0.6) is 0 Å². The molecular formula is C11H17NS. The first kappa shape index (κ1) is 9.20. The van der Waals surface area contributed by atoms with E-state index < -0.39 is 0 Å². The zero-order valence-corrected chi connectivity index (χ0v) is 9.23. The first-order chi connectivity index (χ1) is 6.25. The molecule has 1 aliphatic rings. The molecule has 1 nitrogen and oxygen atoms in total. The number of aromatic nitrogens is 1. The smallest absolute Gasteiger partial charge is 0.0897 e. The summed E-state index contributed by atoms with van der Waals surface area (Å²) in [7, 11) is 0. The summed E-state index contributed by atoms with van der Waals surface area (Å²) in [5.74, 6) is 1.71. The lowest BCUT2D eigenvalue weighted by atomic mass is 9.82. The second-order valence-corrected chi connectivity index (χ2v) is 5.31. The molecule has 0 aliphatic heterocycles. The molecule has 72 valence electrons. The van der Waals surface area contributed by atoms with Crippen molar-refractivity contribution in [3.8, 4) is 0 Å². The molecule has 0 spiro atoms. The second kappa shape index (κ2) is 3.79. The maximum Gasteiger partial charge on any atom is 0.0897 e. The summed E-state index contributed by atoms with van der Waals surface area (Å²) in [6, 6.07) is 0. The standard InChI is InChI=1S/C11H17NS/c1-8-3-5-10(6-4-8)11-7-13-9(2)12-11/h7-8,10H,3-6H2,1-2H3. The van der Waals surface area contributed by atoms with E-state index in [4.69, 9.17) is 0 Å². The highest BCUT2D eigenvalue weighted by Gasteiger charge is 2.21. The van der Waals surface area contributed by atoms with Crippen molar-refractivity contribution in [2.75, 3.05) is 0 Å². The van der Waals surface area contributed by atoms with E-state index in [0.717, 1.165) is 11.8 Å². The number of nitrogens with zero attached hydrogens (tertiary/aromatic N) is 1. The van der Waals surface area contributed by atoms with Crippen LogP contribution in [0.15, 0.2) is 5.38 Å². The van der Waals surface area contributed by atoms with Gasteiger partial charge in [0.25, 0.3) is 0 Å². The van der Waals surface area contributed by atoms with Gasteiger partial charge in [0.2, 0.25) is 0 Å². The van der Waals surface area contributed by atoms with Gasteiger partial charge in [0.05, 0.1) is 10.7 Å². The number of rotatable bonds is 1. The predicted octanol–water partition coefficient (Wildman–Crippen LogP) is 3.75. The molecule has 0 unspecified atom stereocenters. The van der Waals surface area contributed by atoms with Crippen molar-refractivity contribution in [1.29, 1.82) is 0 Å². The van der Waals surface area contributed by atoms with Crippen LogP contribution in [-0.4, -0.2) is 4.98 Å². The summed E-state index contributed by atoms with van der Waals surface area (Å²) < 4.78 is 0. The summed E-state index contributed by atoms with van der Waals surface area (Å²) in [5.41, 5.74) is 1.36. The van der Waals surface area contributed by atoms with Gasteiger partial charge in [-0.1, -0.05) is 19.8 Å². The molecule has 0 radical (unpaired) electrons. The fourth-order valence-corrected chi connectivity index (χ4v) is 2.82. The predicted molar refractivity (Wildman–Crippen MR) is 57.2 cm³/mol. The molecule has 1 aromatic heterocycles. The highest BCUT2D eigenvalue weighted by molar-refractivity contribution is 7.09. The van der Waals surface area contributed by atoms with Gasteiger partial charge in [0, 0.05) is 11.3 Å². The van der Waals surface area contributed by atoms with E-state index in [9.17, 15) is 0 Å². The second-order valence-electron chi connectivity index (χ2n) is 4.25. The van der Waals surface area contributed by atoms with Crippen LogP contribution in [0.1, 0.15) is 49.2 Å². The molecule has 0 aromatic carbocycles. The average Bonchev–Trinajstić information content (AvgIpc) is 2.53. The molecule has 1 aromatic rings. The van der Waals surface area contributed by atoms with Crippen molar-refractivity contribution in [3.63, 3.8) is 0 Å². The van der Waals surface area contributed by atoms with E-state index in [2.05, 4.69) is 24.2 Å². The van der Waals surface area contributed by atoms with Gasteiger partial charge >= 0.3 is 0 Å². The zero-order valence-electron chi connectivity index (χ0n) is 8.42. The molecule has 1 aliphatic carbocycles. The molecule has 2 rings (SSSR count). The first-order valence-electron chi connectivity index (χ1n) is 5.17. The normalized spacial score (nSPS) is 29.1. The van der Waals surface area contributed by atoms with Gasteiger partial charge in [-0.05, 0) is 25.7 Å². The van der Waals surface area contributed by atoms with Gasteiger partial charge in [-0.2, -0.15) is 0 Å². The third kappa shape index (κ3) is 2.11. The third-order valence-corrected chi connectivity index (χ3v) is 3.86. The Labute approximate surface area is 84.2 Å². The van der Waals surface area contributed by atoms with Crippen LogP contribution in [-0.2, 0) is 0 Å². The minimum Gasteiger partial charge on any atom is -0.246 e. The van der Waals surface area contributed by atoms with E-state index in [0.29, 0.717) is 0 Å². The summed E-state index contributed by atoms with van der Waals surface area (Å²) in [6.45, 7) is 4.46. The molecule has 0 bridgehead atoms. The van der Waals surface area contributed by atoms with Gasteiger partial charge in [-0.3, -0.25) is 0 Å². The van der Waals surface area contributed by atoms with Crippen LogP contribution in [0.4, 0.5) is 0 Å². The van der Waals surface area contributed by atoms with Crippen LogP contribution in [0.3, 0.4) is 0 Å². The fourth-order valence-electron chi connectivity index (χ4n) is 2.12. The largest absolute Gasteiger partial charge is 0.246 e. The SMILES string of the molecule is Cc1nc(C2CCC(C)CC2)cs1. The van der Waals surface area contributed by atoms with E-state index in [1.165, 1.54) is 36.4 Å². The van der Waals surface area contributed by atoms with Crippen LogP contribution < -0.4 is 0 Å². The Kier molecular flexibility index (Phi) is 2.68. The Hall–Kier alpha value is -0.370. The Balaban J connectivity index is 2.02. The van der Waals surface area contributed by atoms with Crippen molar-refractivity contribution >= 4 is 11.3 Å². The molecule has 1 saturated carbocycles. The highest BCUT2D eigenvalue weighted by atomic mass is 32.1. The summed E-state index contributed by atoms with van der Waals surface area (Å²) in [6.07, 6.45) is 5.48. The van der Waals surface area contributed by atoms with Crippen molar-refractivity contribution in [2.24, 2.45) is 5.92 Å². The van der Waals surface area contributed by atoms with Gasteiger partial charge in [-0.15, -0.1) is 11.3 Å². The molecule has 0 atom stereocenters. The lowest BCUT2D eigenvalue weighted by Gasteiger charge is -2.24. The topological polar surface area (TPSA) is 12.9 Å². The van der Waals surface area contributed by atoms with Crippen molar-refractivity contribution in [3.05, 3.63) is 16.1 Å². The zero-order chi connectivity index (χ0) is 9.26. The summed E-state index contributed by atoms with van der Waals surface area (Å²) in [5, 5.41) is 3.46. The van der Waals surface area contributed by atoms with Crippen molar-refractivity contribution in [2.45, 2.75) is 45.4 Å². The van der Waals surface area contributed by atoms with E-state index in [-0.39, 0.29) is 0 Å². The van der Waals surface area contributed by atoms with Crippen LogP contribution in [0.25, 0.3) is 0 Å². The Morgan fingerprint density at radius 1 is 1.31 bits per heavy atom. The maximum absolute atomic E-state index is 4.58. The lowest BCUT2D eigenvalue weighted by Crippen LogP contribution is -2.10. The number of hydrogen-bond acceptors (Lipinski definition) is 2. The van der Waals surface area contributed by atoms with Gasteiger partial charge in [0.15, 0.2) is 0 Å². The quantitative estimate of drug-likeness (QED) is 0.665. The number of thiazole rings is 1. The monoisotopic (exact) mass is 195 g/mol. The number of hydrogen-bond donors (Lipinski definition) is 0. The third-order valence-electron chi connectivity index (χ3n) is 3.07. The summed E-state index contributed by atoms with van der Waals surface area (Å²) >= 11 is 1.79. The van der Waals surface area contributed by atoms with Gasteiger partial charge < -0.3 is 0 Å². The van der Waals surface area contributed by atoms with E-state index in [1.54, 1.807) is 11.3 Å². The lowest BCUT2D eigenvalue weighted by molar-refractivity contribution is 0.344. The average molecular weight is 195 g/mol. The molecule has 0 amide bonds. The molecule has 13 heavy (non-hydrogen) atoms. The minimum atomic E-state index is 0.765. The van der Waals surface area contributed by atoms with Crippen LogP contribution in [0.2, 0.25) is 0 Å². The summed E-state index contributed by atoms with van der Waals surface area (Å²) in [4.78, 5) is 4.58. The molecule has 0 saturated heterocycles. The fraction of sp³-hybridized carbons (Fsp3) is 0.727. The number of aryl methyl sites for hydroxylation is 1. The van der Waals surface area contributed by atoms with E-state index >= 15 is 0 Å². The Morgan fingerprint density at radius 3 is 2.54 bits per heavy atom. The molecule has 0 N–H and O–H groups in total. The maximum atomic E-state index is 4.58. The van der Waals surface area contributed by atoms with Crippen LogP contribution >= 0.6 is 11.3 Å². The molecule has 1 fully saturated rings. The Bertz CT molecular complexity index is 271. The van der Waals surface area contributed by atoms with Gasteiger partial charge in [0.1, 0.15) is 0 Å². The van der Waals surface area contributed by atoms with E-state index in [1.807, 2.05) is 0 Å². The molecular weight excluding hydrogens is 178 g/mol. The van der Waals surface area contributed by atoms with Crippen molar-refractivity contribution < 1.29 is 0 Å². The first-order valence-corrected chi connectivity index (χ1v) is 6.05. The van der Waals surface area contributed by atoms with Gasteiger partial charge in [-0.25, -0.2) is 4.98 Å². The van der Waals surface area contributed by atoms with Crippen LogP contribution in [0, 0.1) is 12.8 Å². The molecule has 1 heterocycles. The minimum absolute atomic E-state index is 0.765.